The van der Waals surface area contributed by atoms with E-state index in [1.165, 1.54) is 6.42 Å². The largest absolute Gasteiger partial charge is 0.491 e. The summed E-state index contributed by atoms with van der Waals surface area (Å²) >= 11 is 0. The van der Waals surface area contributed by atoms with E-state index in [1.807, 2.05) is 6.07 Å². The number of benzene rings is 1. The third-order valence-electron chi connectivity index (χ3n) is 4.41. The summed E-state index contributed by atoms with van der Waals surface area (Å²) in [6.45, 7) is 10.9. The zero-order chi connectivity index (χ0) is 15.4. The zero-order valence-electron chi connectivity index (χ0n) is 14.1. The number of piperidine rings is 1. The van der Waals surface area contributed by atoms with Crippen LogP contribution in [0.15, 0.2) is 24.3 Å². The maximum atomic E-state index is 5.95. The van der Waals surface area contributed by atoms with E-state index in [0.717, 1.165) is 24.6 Å². The summed E-state index contributed by atoms with van der Waals surface area (Å²) < 4.78 is 5.95. The van der Waals surface area contributed by atoms with Gasteiger partial charge in [-0.05, 0) is 44.4 Å². The van der Waals surface area contributed by atoms with Crippen LogP contribution in [0.3, 0.4) is 0 Å². The number of nitrogens with zero attached hydrogens (tertiary/aromatic N) is 1. The molecule has 0 amide bonds. The van der Waals surface area contributed by atoms with Crippen LogP contribution in [0, 0.1) is 11.8 Å². The second kappa shape index (κ2) is 7.17. The Morgan fingerprint density at radius 3 is 2.71 bits per heavy atom. The highest BCUT2D eigenvalue weighted by Gasteiger charge is 2.29. The summed E-state index contributed by atoms with van der Waals surface area (Å²) in [6.07, 6.45) is 1.18. The van der Waals surface area contributed by atoms with E-state index in [0.29, 0.717) is 23.9 Å². The molecule has 1 aromatic rings. The molecule has 1 aromatic carbocycles. The lowest BCUT2D eigenvalue weighted by Crippen LogP contribution is -2.48. The highest BCUT2D eigenvalue weighted by Crippen LogP contribution is 2.29. The minimum atomic E-state index is 0.514. The molecule has 21 heavy (non-hydrogen) atoms. The van der Waals surface area contributed by atoms with Crippen molar-refractivity contribution in [2.24, 2.45) is 11.8 Å². The van der Waals surface area contributed by atoms with Crippen LogP contribution in [0.25, 0.3) is 0 Å². The molecule has 3 heteroatoms. The van der Waals surface area contributed by atoms with Gasteiger partial charge in [0.05, 0.1) is 12.3 Å². The van der Waals surface area contributed by atoms with Crippen molar-refractivity contribution in [1.29, 1.82) is 0 Å². The average molecular weight is 290 g/mol. The summed E-state index contributed by atoms with van der Waals surface area (Å²) in [5, 5.41) is 3.72. The molecule has 1 aliphatic rings. The fraction of sp³-hybridized carbons (Fsp3) is 0.667. The number of hydrogen-bond donors (Lipinski definition) is 1. The Morgan fingerprint density at radius 1 is 1.29 bits per heavy atom. The number of para-hydroxylation sites is 2. The SMILES string of the molecule is CC(C)COc1ccccc1NC1CC(C)N(C)CC1C. The van der Waals surface area contributed by atoms with Gasteiger partial charge in [0.15, 0.2) is 0 Å². The van der Waals surface area contributed by atoms with Crippen LogP contribution in [-0.2, 0) is 0 Å². The van der Waals surface area contributed by atoms with Crippen molar-refractivity contribution in [2.75, 3.05) is 25.5 Å². The highest BCUT2D eigenvalue weighted by molar-refractivity contribution is 5.56. The van der Waals surface area contributed by atoms with Crippen LogP contribution in [0.4, 0.5) is 5.69 Å². The van der Waals surface area contributed by atoms with Crippen molar-refractivity contribution in [3.8, 4) is 5.75 Å². The Labute approximate surface area is 129 Å². The predicted molar refractivity (Wildman–Crippen MR) is 90.1 cm³/mol. The summed E-state index contributed by atoms with van der Waals surface area (Å²) in [6, 6.07) is 9.45. The molecule has 2 rings (SSSR count). The molecule has 3 atom stereocenters. The molecule has 1 heterocycles. The van der Waals surface area contributed by atoms with Gasteiger partial charge in [-0.15, -0.1) is 0 Å². The van der Waals surface area contributed by atoms with Crippen LogP contribution in [-0.4, -0.2) is 37.2 Å². The van der Waals surface area contributed by atoms with Gasteiger partial charge in [-0.2, -0.15) is 0 Å². The molecule has 0 aliphatic carbocycles. The molecule has 1 aliphatic heterocycles. The molecule has 0 aromatic heterocycles. The summed E-state index contributed by atoms with van der Waals surface area (Å²) in [7, 11) is 2.22. The quantitative estimate of drug-likeness (QED) is 0.891. The van der Waals surface area contributed by atoms with E-state index < -0.39 is 0 Å². The third-order valence-corrected chi connectivity index (χ3v) is 4.41. The van der Waals surface area contributed by atoms with Gasteiger partial charge in [-0.1, -0.05) is 32.9 Å². The number of likely N-dealkylation sites (tertiary alicyclic amines) is 1. The molecule has 118 valence electrons. The van der Waals surface area contributed by atoms with Gasteiger partial charge < -0.3 is 15.0 Å². The Balaban J connectivity index is 2.05. The Bertz CT molecular complexity index is 447. The summed E-state index contributed by atoms with van der Waals surface area (Å²) in [5.74, 6) is 2.16. The molecule has 3 nitrogen and oxygen atoms in total. The van der Waals surface area contributed by atoms with Gasteiger partial charge in [-0.25, -0.2) is 0 Å². The first kappa shape index (κ1) is 16.2. The van der Waals surface area contributed by atoms with E-state index in [-0.39, 0.29) is 0 Å². The first-order chi connectivity index (χ1) is 9.97. The fourth-order valence-electron chi connectivity index (χ4n) is 2.91. The third kappa shape index (κ3) is 4.37. The van der Waals surface area contributed by atoms with Crippen molar-refractivity contribution in [2.45, 2.75) is 46.2 Å². The second-order valence-corrected chi connectivity index (χ2v) is 6.95. The van der Waals surface area contributed by atoms with Crippen molar-refractivity contribution in [3.05, 3.63) is 24.3 Å². The molecule has 1 saturated heterocycles. The van der Waals surface area contributed by atoms with Gasteiger partial charge in [0.1, 0.15) is 5.75 Å². The van der Waals surface area contributed by atoms with Gasteiger partial charge >= 0.3 is 0 Å². The maximum absolute atomic E-state index is 5.95. The first-order valence-electron chi connectivity index (χ1n) is 8.16. The van der Waals surface area contributed by atoms with Gasteiger partial charge in [-0.3, -0.25) is 0 Å². The minimum Gasteiger partial charge on any atom is -0.491 e. The van der Waals surface area contributed by atoms with Crippen LogP contribution >= 0.6 is 0 Å². The number of anilines is 1. The molecule has 1 N–H and O–H groups in total. The fourth-order valence-corrected chi connectivity index (χ4v) is 2.91. The second-order valence-electron chi connectivity index (χ2n) is 6.95. The summed E-state index contributed by atoms with van der Waals surface area (Å²) in [5.41, 5.74) is 1.13. The molecule has 0 bridgehead atoms. The lowest BCUT2D eigenvalue weighted by atomic mass is 9.89. The van der Waals surface area contributed by atoms with Crippen molar-refractivity contribution >= 4 is 5.69 Å². The summed E-state index contributed by atoms with van der Waals surface area (Å²) in [4.78, 5) is 2.45. The predicted octanol–water partition coefficient (Wildman–Crippen LogP) is 3.86. The van der Waals surface area contributed by atoms with Crippen molar-refractivity contribution < 1.29 is 4.74 Å². The Kier molecular flexibility index (Phi) is 5.51. The monoisotopic (exact) mass is 290 g/mol. The van der Waals surface area contributed by atoms with Crippen LogP contribution in [0.5, 0.6) is 5.75 Å². The van der Waals surface area contributed by atoms with Gasteiger partial charge in [0.2, 0.25) is 0 Å². The lowest BCUT2D eigenvalue weighted by Gasteiger charge is -2.40. The highest BCUT2D eigenvalue weighted by atomic mass is 16.5. The van der Waals surface area contributed by atoms with E-state index in [2.05, 4.69) is 63.2 Å². The normalized spacial score (nSPS) is 26.9. The molecule has 0 radical (unpaired) electrons. The molecular formula is C18H30N2O. The smallest absolute Gasteiger partial charge is 0.142 e. The molecular weight excluding hydrogens is 260 g/mol. The lowest BCUT2D eigenvalue weighted by molar-refractivity contribution is 0.145. The number of rotatable bonds is 5. The molecule has 0 spiro atoms. The van der Waals surface area contributed by atoms with E-state index >= 15 is 0 Å². The zero-order valence-corrected chi connectivity index (χ0v) is 14.1. The molecule has 1 fully saturated rings. The molecule has 0 saturated carbocycles. The van der Waals surface area contributed by atoms with Crippen LogP contribution in [0.2, 0.25) is 0 Å². The molecule has 3 unspecified atom stereocenters. The van der Waals surface area contributed by atoms with Crippen molar-refractivity contribution in [3.63, 3.8) is 0 Å². The Hall–Kier alpha value is -1.22. The minimum absolute atomic E-state index is 0.514. The van der Waals surface area contributed by atoms with E-state index in [4.69, 9.17) is 4.74 Å². The number of ether oxygens (including phenoxy) is 1. The van der Waals surface area contributed by atoms with Crippen molar-refractivity contribution in [1.82, 2.24) is 4.90 Å². The Morgan fingerprint density at radius 2 is 2.00 bits per heavy atom. The first-order valence-corrected chi connectivity index (χ1v) is 8.16. The average Bonchev–Trinajstić information content (AvgIpc) is 2.43. The van der Waals surface area contributed by atoms with E-state index in [1.54, 1.807) is 0 Å². The maximum Gasteiger partial charge on any atom is 0.142 e. The van der Waals surface area contributed by atoms with Crippen LogP contribution < -0.4 is 10.1 Å². The van der Waals surface area contributed by atoms with Gasteiger partial charge in [0, 0.05) is 18.6 Å². The van der Waals surface area contributed by atoms with Crippen LogP contribution in [0.1, 0.15) is 34.1 Å². The number of hydrogen-bond acceptors (Lipinski definition) is 3. The number of nitrogens with one attached hydrogen (secondary N) is 1. The van der Waals surface area contributed by atoms with Gasteiger partial charge in [0.25, 0.3) is 0 Å². The van der Waals surface area contributed by atoms with E-state index in [9.17, 15) is 0 Å². The topological polar surface area (TPSA) is 24.5 Å². The standard InChI is InChI=1S/C18H30N2O/c1-13(2)12-21-18-9-7-6-8-16(18)19-17-10-15(4)20(5)11-14(17)3/h6-9,13-15,17,19H,10-12H2,1-5H3.